The van der Waals surface area contributed by atoms with E-state index in [2.05, 4.69) is 0 Å². The summed E-state index contributed by atoms with van der Waals surface area (Å²) in [5.41, 5.74) is 6.57. The van der Waals surface area contributed by atoms with Crippen molar-refractivity contribution in [2.45, 2.75) is 38.0 Å². The fourth-order valence-electron chi connectivity index (χ4n) is 2.34. The quantitative estimate of drug-likeness (QED) is 0.626. The van der Waals surface area contributed by atoms with Crippen LogP contribution in [0.4, 0.5) is 0 Å². The normalized spacial score (nSPS) is 14.1. The van der Waals surface area contributed by atoms with Gasteiger partial charge in [0, 0.05) is 13.2 Å². The fourth-order valence-corrected chi connectivity index (χ4v) is 2.34. The first-order valence-electron chi connectivity index (χ1n) is 6.68. The number of aliphatic hydroxyl groups is 1. The van der Waals surface area contributed by atoms with Crippen molar-refractivity contribution in [3.8, 4) is 0 Å². The molecule has 0 saturated carbocycles. The molecule has 0 aliphatic rings. The van der Waals surface area contributed by atoms with Crippen LogP contribution in [0, 0.1) is 6.92 Å². The van der Waals surface area contributed by atoms with Crippen LogP contribution in [0.25, 0.3) is 0 Å². The summed E-state index contributed by atoms with van der Waals surface area (Å²) in [7, 11) is 0. The maximum absolute atomic E-state index is 11.7. The van der Waals surface area contributed by atoms with Crippen molar-refractivity contribution in [3.63, 3.8) is 0 Å². The molecular formula is C15H23NO3. The lowest BCUT2D eigenvalue weighted by molar-refractivity contribution is -0.143. The van der Waals surface area contributed by atoms with Crippen LogP contribution in [0.1, 0.15) is 36.8 Å². The summed E-state index contributed by atoms with van der Waals surface area (Å²) in [5.74, 6) is -0.871. The van der Waals surface area contributed by atoms with Crippen LogP contribution in [-0.4, -0.2) is 29.3 Å². The van der Waals surface area contributed by atoms with Crippen molar-refractivity contribution >= 4 is 5.97 Å². The Balaban J connectivity index is 2.95. The number of hydrogen-bond donors (Lipinski definition) is 3. The van der Waals surface area contributed by atoms with Crippen molar-refractivity contribution in [2.24, 2.45) is 5.73 Å². The van der Waals surface area contributed by atoms with Crippen molar-refractivity contribution in [2.75, 3.05) is 13.2 Å². The molecule has 0 saturated heterocycles. The minimum absolute atomic E-state index is 0.0882. The first kappa shape index (κ1) is 15.7. The van der Waals surface area contributed by atoms with Gasteiger partial charge in [-0.2, -0.15) is 0 Å². The van der Waals surface area contributed by atoms with Gasteiger partial charge in [0.15, 0.2) is 0 Å². The highest BCUT2D eigenvalue weighted by molar-refractivity contribution is 5.81. The molecule has 19 heavy (non-hydrogen) atoms. The maximum atomic E-state index is 11.7. The molecule has 106 valence electrons. The van der Waals surface area contributed by atoms with Gasteiger partial charge < -0.3 is 15.9 Å². The number of nitrogens with two attached hydrogens (primary N) is 1. The molecule has 4 nitrogen and oxygen atoms in total. The molecule has 1 aromatic rings. The van der Waals surface area contributed by atoms with Gasteiger partial charge >= 0.3 is 5.97 Å². The van der Waals surface area contributed by atoms with E-state index in [0.29, 0.717) is 12.8 Å². The monoisotopic (exact) mass is 265 g/mol. The zero-order valence-corrected chi connectivity index (χ0v) is 11.4. The van der Waals surface area contributed by atoms with Crippen LogP contribution in [0.5, 0.6) is 0 Å². The smallest absolute Gasteiger partial charge is 0.315 e. The lowest BCUT2D eigenvalue weighted by atomic mass is 9.76. The second kappa shape index (κ2) is 7.26. The van der Waals surface area contributed by atoms with E-state index in [1.54, 1.807) is 0 Å². The van der Waals surface area contributed by atoms with Gasteiger partial charge in [0.05, 0.1) is 0 Å². The molecule has 0 fully saturated rings. The summed E-state index contributed by atoms with van der Waals surface area (Å²) in [5, 5.41) is 18.4. The van der Waals surface area contributed by atoms with Gasteiger partial charge in [0.2, 0.25) is 0 Å². The van der Waals surface area contributed by atoms with Gasteiger partial charge in [-0.05, 0) is 25.3 Å². The Morgan fingerprint density at radius 3 is 2.58 bits per heavy atom. The number of aliphatic hydroxyl groups excluding tert-OH is 1. The minimum Gasteiger partial charge on any atom is -0.481 e. The second-order valence-corrected chi connectivity index (χ2v) is 5.00. The van der Waals surface area contributed by atoms with E-state index in [1.807, 2.05) is 31.2 Å². The highest BCUT2D eigenvalue weighted by atomic mass is 16.4. The Hall–Kier alpha value is -1.39. The highest BCUT2D eigenvalue weighted by Gasteiger charge is 2.38. The molecule has 0 aromatic heterocycles. The van der Waals surface area contributed by atoms with E-state index in [1.165, 1.54) is 0 Å². The van der Waals surface area contributed by atoms with Crippen LogP contribution >= 0.6 is 0 Å². The number of hydrogen-bond acceptors (Lipinski definition) is 3. The molecule has 0 aliphatic carbocycles. The molecule has 0 radical (unpaired) electrons. The van der Waals surface area contributed by atoms with Crippen LogP contribution in [-0.2, 0) is 10.2 Å². The number of rotatable bonds is 8. The lowest BCUT2D eigenvalue weighted by Gasteiger charge is -2.29. The van der Waals surface area contributed by atoms with Gasteiger partial charge in [-0.3, -0.25) is 4.79 Å². The molecule has 0 aliphatic heterocycles. The zero-order chi connectivity index (χ0) is 14.3. The van der Waals surface area contributed by atoms with Gasteiger partial charge in [-0.15, -0.1) is 0 Å². The summed E-state index contributed by atoms with van der Waals surface area (Å²) in [6.07, 6.45) is 2.77. The van der Waals surface area contributed by atoms with Gasteiger partial charge in [-0.25, -0.2) is 0 Å². The van der Waals surface area contributed by atoms with E-state index >= 15 is 0 Å². The van der Waals surface area contributed by atoms with Crippen molar-refractivity contribution in [3.05, 3.63) is 35.4 Å². The average molecular weight is 265 g/mol. The third-order valence-corrected chi connectivity index (χ3v) is 3.59. The summed E-state index contributed by atoms with van der Waals surface area (Å²) >= 11 is 0. The number of aryl methyl sites for hydroxylation is 1. The molecule has 1 aromatic carbocycles. The molecule has 1 unspecified atom stereocenters. The predicted molar refractivity (Wildman–Crippen MR) is 75.1 cm³/mol. The van der Waals surface area contributed by atoms with Crippen molar-refractivity contribution in [1.82, 2.24) is 0 Å². The molecule has 1 rings (SSSR count). The summed E-state index contributed by atoms with van der Waals surface area (Å²) in [4.78, 5) is 11.7. The number of carboxylic acids is 1. The van der Waals surface area contributed by atoms with Gasteiger partial charge in [0.1, 0.15) is 5.41 Å². The van der Waals surface area contributed by atoms with E-state index in [9.17, 15) is 9.90 Å². The Labute approximate surface area is 114 Å². The SMILES string of the molecule is Cc1cccc(C(CN)(CCCCCO)C(=O)O)c1. The number of aliphatic carboxylic acids is 1. The van der Waals surface area contributed by atoms with Crippen molar-refractivity contribution in [1.29, 1.82) is 0 Å². The Morgan fingerprint density at radius 1 is 1.32 bits per heavy atom. The van der Waals surface area contributed by atoms with Crippen LogP contribution in [0.15, 0.2) is 24.3 Å². The summed E-state index contributed by atoms with van der Waals surface area (Å²) in [6, 6.07) is 7.54. The average Bonchev–Trinajstić information content (AvgIpc) is 2.39. The van der Waals surface area contributed by atoms with E-state index in [4.69, 9.17) is 10.8 Å². The Bertz CT molecular complexity index is 420. The largest absolute Gasteiger partial charge is 0.481 e. The standard InChI is InChI=1S/C15H23NO3/c1-12-6-5-7-13(10-12)15(11-16,14(18)19)8-3-2-4-9-17/h5-7,10,17H,2-4,8-9,11,16H2,1H3,(H,18,19). The highest BCUT2D eigenvalue weighted by Crippen LogP contribution is 2.30. The van der Waals surface area contributed by atoms with Crippen LogP contribution in [0.2, 0.25) is 0 Å². The Morgan fingerprint density at radius 2 is 2.05 bits per heavy atom. The first-order valence-corrected chi connectivity index (χ1v) is 6.68. The predicted octanol–water partition coefficient (Wildman–Crippen LogP) is 1.83. The van der Waals surface area contributed by atoms with Gasteiger partial charge in [0.25, 0.3) is 0 Å². The van der Waals surface area contributed by atoms with Crippen LogP contribution < -0.4 is 5.73 Å². The third-order valence-electron chi connectivity index (χ3n) is 3.59. The third kappa shape index (κ3) is 3.78. The number of carboxylic acid groups (broad SMARTS) is 1. The lowest BCUT2D eigenvalue weighted by Crippen LogP contribution is -2.43. The second-order valence-electron chi connectivity index (χ2n) is 5.00. The molecule has 4 heteroatoms. The molecule has 1 atom stereocenters. The number of carbonyl (C=O) groups is 1. The van der Waals surface area contributed by atoms with Gasteiger partial charge in [-0.1, -0.05) is 42.7 Å². The molecule has 0 amide bonds. The number of unbranched alkanes of at least 4 members (excludes halogenated alkanes) is 2. The van der Waals surface area contributed by atoms with E-state index in [0.717, 1.165) is 24.0 Å². The number of benzene rings is 1. The minimum atomic E-state index is -1.01. The summed E-state index contributed by atoms with van der Waals surface area (Å²) < 4.78 is 0. The van der Waals surface area contributed by atoms with E-state index in [-0.39, 0.29) is 13.2 Å². The topological polar surface area (TPSA) is 83.5 Å². The molecule has 0 spiro atoms. The Kier molecular flexibility index (Phi) is 5.99. The molecular weight excluding hydrogens is 242 g/mol. The fraction of sp³-hybridized carbons (Fsp3) is 0.533. The zero-order valence-electron chi connectivity index (χ0n) is 11.4. The van der Waals surface area contributed by atoms with Crippen molar-refractivity contribution < 1.29 is 15.0 Å². The van der Waals surface area contributed by atoms with E-state index < -0.39 is 11.4 Å². The van der Waals surface area contributed by atoms with Crippen LogP contribution in [0.3, 0.4) is 0 Å². The molecule has 0 heterocycles. The summed E-state index contributed by atoms with van der Waals surface area (Å²) in [6.45, 7) is 2.18. The maximum Gasteiger partial charge on any atom is 0.315 e. The first-order chi connectivity index (χ1) is 9.06. The molecule has 4 N–H and O–H groups in total. The molecule has 0 bridgehead atoms.